The van der Waals surface area contributed by atoms with E-state index < -0.39 is 0 Å². The molecule has 1 saturated carbocycles. The Morgan fingerprint density at radius 2 is 1.67 bits per heavy atom. The number of fused-ring (bicyclic) bond motifs is 1. The van der Waals surface area contributed by atoms with Crippen LogP contribution in [0, 0.1) is 11.8 Å². The molecule has 2 amide bonds. The Bertz CT molecular complexity index is 837. The first-order chi connectivity index (χ1) is 13.2. The maximum Gasteiger partial charge on any atom is 0.228 e. The largest absolute Gasteiger partial charge is 0.486 e. The highest BCUT2D eigenvalue weighted by molar-refractivity contribution is 5.99. The lowest BCUT2D eigenvalue weighted by molar-refractivity contribution is -0.125. The Kier molecular flexibility index (Phi) is 4.96. The third-order valence-electron chi connectivity index (χ3n) is 4.83. The first-order valence-corrected chi connectivity index (χ1v) is 9.23. The highest BCUT2D eigenvalue weighted by Crippen LogP contribution is 2.40. The Morgan fingerprint density at radius 3 is 2.48 bits per heavy atom. The highest BCUT2D eigenvalue weighted by Gasteiger charge is 2.47. The summed E-state index contributed by atoms with van der Waals surface area (Å²) in [6, 6.07) is 15.3. The minimum absolute atomic E-state index is 0.0479. The van der Waals surface area contributed by atoms with E-state index in [2.05, 4.69) is 10.6 Å². The van der Waals surface area contributed by atoms with Gasteiger partial charge in [-0.25, -0.2) is 0 Å². The van der Waals surface area contributed by atoms with E-state index in [1.54, 1.807) is 18.2 Å². The van der Waals surface area contributed by atoms with E-state index in [9.17, 15) is 9.59 Å². The van der Waals surface area contributed by atoms with Crippen LogP contribution < -0.4 is 20.1 Å². The van der Waals surface area contributed by atoms with Crippen LogP contribution in [0.1, 0.15) is 12.0 Å². The monoisotopic (exact) mass is 366 g/mol. The average Bonchev–Trinajstić information content (AvgIpc) is 3.50. The molecule has 2 aromatic carbocycles. The molecule has 0 aromatic heterocycles. The average molecular weight is 366 g/mol. The molecule has 2 unspecified atom stereocenters. The molecule has 2 aromatic rings. The molecule has 27 heavy (non-hydrogen) atoms. The molecule has 1 heterocycles. The lowest BCUT2D eigenvalue weighted by Gasteiger charge is -2.19. The van der Waals surface area contributed by atoms with Crippen LogP contribution in [0.2, 0.25) is 0 Å². The van der Waals surface area contributed by atoms with Crippen LogP contribution in [0.15, 0.2) is 48.5 Å². The Balaban J connectivity index is 1.24. The van der Waals surface area contributed by atoms with E-state index >= 15 is 0 Å². The summed E-state index contributed by atoms with van der Waals surface area (Å²) in [5.41, 5.74) is 1.83. The number of hydrogen-bond donors (Lipinski definition) is 2. The summed E-state index contributed by atoms with van der Waals surface area (Å²) in [7, 11) is 0. The molecule has 0 radical (unpaired) electrons. The summed E-state index contributed by atoms with van der Waals surface area (Å²) in [6.45, 7) is 1.61. The topological polar surface area (TPSA) is 76.7 Å². The Labute approximate surface area is 157 Å². The van der Waals surface area contributed by atoms with Crippen molar-refractivity contribution in [2.75, 3.05) is 25.1 Å². The van der Waals surface area contributed by atoms with Gasteiger partial charge in [-0.1, -0.05) is 30.3 Å². The normalized spacial score (nSPS) is 19.9. The van der Waals surface area contributed by atoms with Crippen LogP contribution in [-0.4, -0.2) is 31.6 Å². The van der Waals surface area contributed by atoms with Gasteiger partial charge in [0.05, 0.1) is 11.8 Å². The smallest absolute Gasteiger partial charge is 0.228 e. The van der Waals surface area contributed by atoms with Gasteiger partial charge in [-0.2, -0.15) is 0 Å². The van der Waals surface area contributed by atoms with Crippen molar-refractivity contribution < 1.29 is 19.1 Å². The molecular weight excluding hydrogens is 344 g/mol. The maximum absolute atomic E-state index is 12.4. The zero-order chi connectivity index (χ0) is 18.6. The van der Waals surface area contributed by atoms with Gasteiger partial charge in [0.1, 0.15) is 13.2 Å². The molecule has 1 aliphatic carbocycles. The van der Waals surface area contributed by atoms with Gasteiger partial charge in [0, 0.05) is 18.3 Å². The van der Waals surface area contributed by atoms with E-state index in [1.165, 1.54) is 5.56 Å². The number of carbonyl (C=O) groups excluding carboxylic acids is 2. The molecule has 0 saturated heterocycles. The van der Waals surface area contributed by atoms with Gasteiger partial charge in [-0.05, 0) is 30.5 Å². The van der Waals surface area contributed by atoms with E-state index in [1.807, 2.05) is 30.3 Å². The fraction of sp³-hybridized carbons (Fsp3) is 0.333. The van der Waals surface area contributed by atoms with E-state index in [0.29, 0.717) is 43.4 Å². The number of hydrogen-bond acceptors (Lipinski definition) is 4. The van der Waals surface area contributed by atoms with E-state index in [0.717, 1.165) is 6.42 Å². The summed E-state index contributed by atoms with van der Waals surface area (Å²) in [5, 5.41) is 5.79. The van der Waals surface area contributed by atoms with Gasteiger partial charge in [-0.3, -0.25) is 9.59 Å². The minimum atomic E-state index is -0.269. The number of amides is 2. The molecule has 2 aliphatic rings. The second-order valence-electron chi connectivity index (χ2n) is 6.82. The standard InChI is InChI=1S/C21H22N2O4/c24-20(22-9-8-14-4-2-1-3-5-14)16-13-17(16)21(25)23-15-6-7-18-19(12-15)27-11-10-26-18/h1-7,12,16-17H,8-11,13H2,(H,22,24)(H,23,25). The molecule has 2 N–H and O–H groups in total. The lowest BCUT2D eigenvalue weighted by Crippen LogP contribution is -2.29. The number of rotatable bonds is 6. The van der Waals surface area contributed by atoms with Crippen molar-refractivity contribution in [3.05, 3.63) is 54.1 Å². The Hall–Kier alpha value is -3.02. The second kappa shape index (κ2) is 7.70. The first kappa shape index (κ1) is 17.4. The molecule has 0 bridgehead atoms. The molecule has 4 rings (SSSR count). The predicted molar refractivity (Wildman–Crippen MR) is 101 cm³/mol. The highest BCUT2D eigenvalue weighted by atomic mass is 16.6. The quantitative estimate of drug-likeness (QED) is 0.823. The summed E-state index contributed by atoms with van der Waals surface area (Å²) < 4.78 is 11.0. The van der Waals surface area contributed by atoms with Crippen LogP contribution >= 0.6 is 0 Å². The van der Waals surface area contributed by atoms with Crippen molar-refractivity contribution in [1.82, 2.24) is 5.32 Å². The number of nitrogens with one attached hydrogen (secondary N) is 2. The van der Waals surface area contributed by atoms with Gasteiger partial charge in [-0.15, -0.1) is 0 Å². The van der Waals surface area contributed by atoms with Crippen LogP contribution in [0.4, 0.5) is 5.69 Å². The maximum atomic E-state index is 12.4. The SMILES string of the molecule is O=C(NCCc1ccccc1)C1CC1C(=O)Nc1ccc2c(c1)OCCO2. The van der Waals surface area contributed by atoms with Crippen molar-refractivity contribution in [1.29, 1.82) is 0 Å². The molecule has 140 valence electrons. The van der Waals surface area contributed by atoms with Crippen LogP contribution in [0.3, 0.4) is 0 Å². The zero-order valence-corrected chi connectivity index (χ0v) is 14.9. The molecule has 1 aliphatic heterocycles. The van der Waals surface area contributed by atoms with E-state index in [4.69, 9.17) is 9.47 Å². The van der Waals surface area contributed by atoms with Crippen LogP contribution in [-0.2, 0) is 16.0 Å². The third-order valence-corrected chi connectivity index (χ3v) is 4.83. The lowest BCUT2D eigenvalue weighted by atomic mass is 10.1. The Morgan fingerprint density at radius 1 is 0.926 bits per heavy atom. The summed E-state index contributed by atoms with van der Waals surface area (Å²) in [5.74, 6) is 0.627. The number of benzene rings is 2. The molecule has 1 fully saturated rings. The summed E-state index contributed by atoms with van der Waals surface area (Å²) in [4.78, 5) is 24.6. The fourth-order valence-electron chi connectivity index (χ4n) is 3.24. The van der Waals surface area contributed by atoms with Gasteiger partial charge >= 0.3 is 0 Å². The molecule has 6 nitrogen and oxygen atoms in total. The number of ether oxygens (including phenoxy) is 2. The van der Waals surface area contributed by atoms with E-state index in [-0.39, 0.29) is 23.7 Å². The van der Waals surface area contributed by atoms with Crippen molar-refractivity contribution >= 4 is 17.5 Å². The molecule has 0 spiro atoms. The molecule has 6 heteroatoms. The van der Waals surface area contributed by atoms with Gasteiger partial charge < -0.3 is 20.1 Å². The summed E-state index contributed by atoms with van der Waals surface area (Å²) >= 11 is 0. The van der Waals surface area contributed by atoms with Crippen molar-refractivity contribution in [3.63, 3.8) is 0 Å². The first-order valence-electron chi connectivity index (χ1n) is 9.23. The fourth-order valence-corrected chi connectivity index (χ4v) is 3.24. The van der Waals surface area contributed by atoms with Gasteiger partial charge in [0.2, 0.25) is 11.8 Å². The predicted octanol–water partition coefficient (Wildman–Crippen LogP) is 2.39. The minimum Gasteiger partial charge on any atom is -0.486 e. The second-order valence-corrected chi connectivity index (χ2v) is 6.82. The summed E-state index contributed by atoms with van der Waals surface area (Å²) in [6.07, 6.45) is 1.38. The zero-order valence-electron chi connectivity index (χ0n) is 14.9. The number of anilines is 1. The van der Waals surface area contributed by atoms with Crippen molar-refractivity contribution in [3.8, 4) is 11.5 Å². The van der Waals surface area contributed by atoms with Crippen LogP contribution in [0.5, 0.6) is 11.5 Å². The third kappa shape index (κ3) is 4.22. The van der Waals surface area contributed by atoms with Crippen molar-refractivity contribution in [2.45, 2.75) is 12.8 Å². The molecular formula is C21H22N2O4. The molecule has 2 atom stereocenters. The van der Waals surface area contributed by atoms with Crippen LogP contribution in [0.25, 0.3) is 0 Å². The number of carbonyl (C=O) groups is 2. The van der Waals surface area contributed by atoms with Gasteiger partial charge in [0.15, 0.2) is 11.5 Å². The van der Waals surface area contributed by atoms with Crippen molar-refractivity contribution in [2.24, 2.45) is 11.8 Å². The van der Waals surface area contributed by atoms with Gasteiger partial charge in [0.25, 0.3) is 0 Å².